The number of carbonyl (C=O) groups is 1. The van der Waals surface area contributed by atoms with E-state index in [-0.39, 0.29) is 5.91 Å². The third-order valence-electron chi connectivity index (χ3n) is 1.85. The number of rotatable bonds is 3. The number of anilines is 1. The van der Waals surface area contributed by atoms with Gasteiger partial charge in [-0.15, -0.1) is 0 Å². The molecule has 67 valence electrons. The fourth-order valence-electron chi connectivity index (χ4n) is 1.01. The average Bonchev–Trinajstić information content (AvgIpc) is 2.19. The van der Waals surface area contributed by atoms with Crippen molar-refractivity contribution in [1.82, 2.24) is 0 Å². The number of carbonyl (C=O) groups excluding carboxylic acids is 1. The molecule has 0 atom stereocenters. The lowest BCUT2D eigenvalue weighted by Crippen LogP contribution is -2.12. The smallest absolute Gasteiger partial charge is 0.224 e. The van der Waals surface area contributed by atoms with E-state index in [4.69, 9.17) is 0 Å². The first-order chi connectivity index (χ1) is 6.26. The van der Waals surface area contributed by atoms with Crippen molar-refractivity contribution in [3.8, 4) is 0 Å². The maximum atomic E-state index is 11.0. The van der Waals surface area contributed by atoms with Crippen LogP contribution in [0.1, 0.15) is 13.3 Å². The van der Waals surface area contributed by atoms with Crippen molar-refractivity contribution in [2.45, 2.75) is 20.2 Å². The van der Waals surface area contributed by atoms with Gasteiger partial charge in [-0.3, -0.25) is 4.79 Å². The summed E-state index contributed by atoms with van der Waals surface area (Å²) < 4.78 is 0. The highest BCUT2D eigenvalue weighted by Crippen LogP contribution is 2.03. The number of benzene rings is 1. The highest BCUT2D eigenvalue weighted by molar-refractivity contribution is 6.51. The Bertz CT molecular complexity index is 281. The Hall–Kier alpha value is -1.25. The molecule has 1 aromatic rings. The number of hydrogen-bond donors (Lipinski definition) is 1. The Morgan fingerprint density at radius 2 is 2.00 bits per heavy atom. The van der Waals surface area contributed by atoms with Crippen molar-refractivity contribution in [3.63, 3.8) is 0 Å². The van der Waals surface area contributed by atoms with E-state index >= 15 is 0 Å². The maximum absolute atomic E-state index is 11.0. The van der Waals surface area contributed by atoms with E-state index in [1.165, 1.54) is 0 Å². The highest BCUT2D eigenvalue weighted by atomic mass is 16.1. The van der Waals surface area contributed by atoms with Gasteiger partial charge in [-0.1, -0.05) is 31.3 Å². The summed E-state index contributed by atoms with van der Waals surface area (Å²) in [7, 11) is 2.02. The van der Waals surface area contributed by atoms with Gasteiger partial charge in [0.1, 0.15) is 7.28 Å². The van der Waals surface area contributed by atoms with Crippen LogP contribution in [0.4, 0.5) is 5.69 Å². The molecule has 0 heterocycles. The van der Waals surface area contributed by atoms with Crippen LogP contribution < -0.4 is 10.8 Å². The molecule has 1 aromatic carbocycles. The van der Waals surface area contributed by atoms with Gasteiger partial charge in [0.2, 0.25) is 5.91 Å². The molecule has 0 aliphatic carbocycles. The van der Waals surface area contributed by atoms with Crippen LogP contribution in [-0.2, 0) is 4.79 Å². The zero-order chi connectivity index (χ0) is 9.68. The van der Waals surface area contributed by atoms with Crippen molar-refractivity contribution in [3.05, 3.63) is 24.3 Å². The van der Waals surface area contributed by atoms with Crippen LogP contribution in [0.15, 0.2) is 24.3 Å². The van der Waals surface area contributed by atoms with Gasteiger partial charge in [0.25, 0.3) is 0 Å². The first-order valence-electron chi connectivity index (χ1n) is 4.45. The molecule has 1 rings (SSSR count). The molecule has 3 heteroatoms. The molecule has 0 bridgehead atoms. The van der Waals surface area contributed by atoms with Gasteiger partial charge in [-0.25, -0.2) is 0 Å². The predicted octanol–water partition coefficient (Wildman–Crippen LogP) is 1.41. The van der Waals surface area contributed by atoms with E-state index in [2.05, 4.69) is 5.32 Å². The molecule has 0 unspecified atom stereocenters. The van der Waals surface area contributed by atoms with E-state index < -0.39 is 0 Å². The summed E-state index contributed by atoms with van der Waals surface area (Å²) in [5.41, 5.74) is 2.02. The Kier molecular flexibility index (Phi) is 3.56. The lowest BCUT2D eigenvalue weighted by molar-refractivity contribution is -0.115. The second kappa shape index (κ2) is 4.70. The molecule has 0 aliphatic rings. The zero-order valence-electron chi connectivity index (χ0n) is 8.00. The van der Waals surface area contributed by atoms with Gasteiger partial charge in [0.15, 0.2) is 0 Å². The van der Waals surface area contributed by atoms with Gasteiger partial charge < -0.3 is 5.32 Å². The highest BCUT2D eigenvalue weighted by Gasteiger charge is 1.97. The lowest BCUT2D eigenvalue weighted by Gasteiger charge is -2.03. The zero-order valence-corrected chi connectivity index (χ0v) is 8.00. The Labute approximate surface area is 79.6 Å². The summed E-state index contributed by atoms with van der Waals surface area (Å²) in [4.78, 5) is 11.0. The quantitative estimate of drug-likeness (QED) is 0.689. The second-order valence-electron chi connectivity index (χ2n) is 2.81. The van der Waals surface area contributed by atoms with E-state index in [9.17, 15) is 4.79 Å². The normalized spacial score (nSPS) is 9.38. The van der Waals surface area contributed by atoms with Crippen LogP contribution in [0.2, 0.25) is 6.82 Å². The fourth-order valence-corrected chi connectivity index (χ4v) is 1.01. The molecule has 0 aliphatic heterocycles. The summed E-state index contributed by atoms with van der Waals surface area (Å²) in [5.74, 6) is 0.0493. The maximum Gasteiger partial charge on any atom is 0.224 e. The number of nitrogens with one attached hydrogen (secondary N) is 1. The molecular formula is C10H13BNO. The van der Waals surface area contributed by atoms with Gasteiger partial charge in [0, 0.05) is 12.1 Å². The Morgan fingerprint density at radius 1 is 1.38 bits per heavy atom. The van der Waals surface area contributed by atoms with Gasteiger partial charge in [0.05, 0.1) is 0 Å². The van der Waals surface area contributed by atoms with Crippen LogP contribution in [0.5, 0.6) is 0 Å². The van der Waals surface area contributed by atoms with E-state index in [1.54, 1.807) is 0 Å². The number of hydrogen-bond acceptors (Lipinski definition) is 1. The first-order valence-corrected chi connectivity index (χ1v) is 4.45. The fraction of sp³-hybridized carbons (Fsp3) is 0.300. The van der Waals surface area contributed by atoms with Crippen LogP contribution in [0.25, 0.3) is 0 Å². The minimum absolute atomic E-state index is 0.0493. The minimum atomic E-state index is 0.0493. The Balaban J connectivity index is 2.64. The van der Waals surface area contributed by atoms with Crippen molar-refractivity contribution >= 4 is 24.3 Å². The standard InChI is InChI=1S/C10H13BNO/c1-3-10(13)12-9-6-4-8(11-2)5-7-9/h4-7H,3H2,1-2H3,(H,12,13). The molecule has 0 fully saturated rings. The molecular weight excluding hydrogens is 161 g/mol. The van der Waals surface area contributed by atoms with Gasteiger partial charge in [-0.05, 0) is 12.1 Å². The van der Waals surface area contributed by atoms with Crippen molar-refractivity contribution in [2.24, 2.45) is 0 Å². The number of amides is 1. The van der Waals surface area contributed by atoms with Gasteiger partial charge >= 0.3 is 0 Å². The third-order valence-corrected chi connectivity index (χ3v) is 1.85. The first kappa shape index (κ1) is 9.84. The van der Waals surface area contributed by atoms with Crippen LogP contribution in [0, 0.1) is 0 Å². The monoisotopic (exact) mass is 174 g/mol. The SMILES string of the molecule is C[B]c1ccc(NC(=O)CC)cc1. The van der Waals surface area contributed by atoms with E-state index in [0.29, 0.717) is 6.42 Å². The molecule has 13 heavy (non-hydrogen) atoms. The summed E-state index contributed by atoms with van der Waals surface area (Å²) >= 11 is 0. The molecule has 1 N–H and O–H groups in total. The van der Waals surface area contributed by atoms with Gasteiger partial charge in [-0.2, -0.15) is 0 Å². The summed E-state index contributed by atoms with van der Waals surface area (Å²) in [6.45, 7) is 3.82. The average molecular weight is 174 g/mol. The summed E-state index contributed by atoms with van der Waals surface area (Å²) in [6.07, 6.45) is 0.516. The van der Waals surface area contributed by atoms with Crippen LogP contribution in [0.3, 0.4) is 0 Å². The Morgan fingerprint density at radius 3 is 2.46 bits per heavy atom. The van der Waals surface area contributed by atoms with E-state index in [1.807, 2.05) is 45.3 Å². The molecule has 0 saturated carbocycles. The molecule has 1 radical (unpaired) electrons. The summed E-state index contributed by atoms with van der Waals surface area (Å²) in [6, 6.07) is 7.77. The van der Waals surface area contributed by atoms with Crippen molar-refractivity contribution in [1.29, 1.82) is 0 Å². The van der Waals surface area contributed by atoms with Crippen LogP contribution >= 0.6 is 0 Å². The van der Waals surface area contributed by atoms with Crippen LogP contribution in [-0.4, -0.2) is 13.2 Å². The minimum Gasteiger partial charge on any atom is -0.326 e. The molecule has 2 nitrogen and oxygen atoms in total. The molecule has 1 amide bonds. The lowest BCUT2D eigenvalue weighted by atomic mass is 9.73. The second-order valence-corrected chi connectivity index (χ2v) is 2.81. The molecule has 0 aromatic heterocycles. The topological polar surface area (TPSA) is 29.1 Å². The predicted molar refractivity (Wildman–Crippen MR) is 56.6 cm³/mol. The van der Waals surface area contributed by atoms with Crippen molar-refractivity contribution in [2.75, 3.05) is 5.32 Å². The largest absolute Gasteiger partial charge is 0.326 e. The summed E-state index contributed by atoms with van der Waals surface area (Å²) in [5, 5.41) is 2.79. The van der Waals surface area contributed by atoms with E-state index in [0.717, 1.165) is 11.2 Å². The molecule has 0 saturated heterocycles. The third kappa shape index (κ3) is 2.94. The molecule has 0 spiro atoms. The van der Waals surface area contributed by atoms with Crippen molar-refractivity contribution < 1.29 is 4.79 Å².